The van der Waals surface area contributed by atoms with Crippen LogP contribution in [0.15, 0.2) is 30.6 Å². The molecule has 0 aliphatic heterocycles. The highest BCUT2D eigenvalue weighted by Crippen LogP contribution is 2.28. The van der Waals surface area contributed by atoms with Crippen LogP contribution in [0.4, 0.5) is 0 Å². The lowest BCUT2D eigenvalue weighted by Gasteiger charge is -2.04. The third-order valence-electron chi connectivity index (χ3n) is 3.63. The molecule has 0 bridgehead atoms. The van der Waals surface area contributed by atoms with Gasteiger partial charge >= 0.3 is 0 Å². The molecule has 4 rings (SSSR count). The number of hydrogen-bond acceptors (Lipinski definition) is 3. The van der Waals surface area contributed by atoms with Gasteiger partial charge in [0.25, 0.3) is 0 Å². The van der Waals surface area contributed by atoms with Gasteiger partial charge in [0.2, 0.25) is 0 Å². The second kappa shape index (κ2) is 4.03. The van der Waals surface area contributed by atoms with Crippen LogP contribution in [-0.4, -0.2) is 19.6 Å². The number of halogens is 1. The fourth-order valence-corrected chi connectivity index (χ4v) is 2.93. The Kier molecular flexibility index (Phi) is 2.32. The van der Waals surface area contributed by atoms with E-state index >= 15 is 0 Å². The molecule has 0 saturated heterocycles. The monoisotopic (exact) mass is 270 g/mol. The van der Waals surface area contributed by atoms with Crippen LogP contribution in [0.3, 0.4) is 0 Å². The maximum atomic E-state index is 6.19. The van der Waals surface area contributed by atoms with Crippen LogP contribution in [0, 0.1) is 0 Å². The number of benzene rings is 1. The average Bonchev–Trinajstić information content (AvgIpc) is 3.04. The summed E-state index contributed by atoms with van der Waals surface area (Å²) in [5.74, 6) is 0.775. The standard InChI is InChI=1S/C14H11ClN4/c15-12-7-16-8-13-17-18-14(19(12)13)11-5-4-9-2-1-3-10(9)6-11/h4-8H,1-3H2. The van der Waals surface area contributed by atoms with Gasteiger partial charge in [0.1, 0.15) is 5.15 Å². The maximum absolute atomic E-state index is 6.19. The van der Waals surface area contributed by atoms with E-state index in [1.54, 1.807) is 12.4 Å². The summed E-state index contributed by atoms with van der Waals surface area (Å²) in [7, 11) is 0. The molecule has 19 heavy (non-hydrogen) atoms. The molecule has 2 aromatic heterocycles. The van der Waals surface area contributed by atoms with Crippen molar-refractivity contribution in [2.45, 2.75) is 19.3 Å². The third-order valence-corrected chi connectivity index (χ3v) is 3.90. The number of aromatic nitrogens is 4. The van der Waals surface area contributed by atoms with Crippen molar-refractivity contribution in [2.75, 3.05) is 0 Å². The van der Waals surface area contributed by atoms with Crippen LogP contribution < -0.4 is 0 Å². The third kappa shape index (κ3) is 1.64. The molecule has 0 N–H and O–H groups in total. The van der Waals surface area contributed by atoms with E-state index in [0.717, 1.165) is 17.8 Å². The minimum absolute atomic E-state index is 0.526. The zero-order valence-corrected chi connectivity index (χ0v) is 10.9. The van der Waals surface area contributed by atoms with E-state index in [1.165, 1.54) is 24.0 Å². The second-order valence-corrected chi connectivity index (χ2v) is 5.17. The molecular formula is C14H11ClN4. The maximum Gasteiger partial charge on any atom is 0.180 e. The van der Waals surface area contributed by atoms with Crippen LogP contribution in [0.5, 0.6) is 0 Å². The van der Waals surface area contributed by atoms with Gasteiger partial charge in [-0.1, -0.05) is 23.7 Å². The van der Waals surface area contributed by atoms with Crippen LogP contribution in [0.1, 0.15) is 17.5 Å². The van der Waals surface area contributed by atoms with Crippen molar-refractivity contribution in [1.29, 1.82) is 0 Å². The van der Waals surface area contributed by atoms with E-state index in [0.29, 0.717) is 10.8 Å². The van der Waals surface area contributed by atoms with E-state index in [-0.39, 0.29) is 0 Å². The summed E-state index contributed by atoms with van der Waals surface area (Å²) >= 11 is 6.19. The molecule has 1 aliphatic rings. The Morgan fingerprint density at radius 1 is 1.05 bits per heavy atom. The first kappa shape index (κ1) is 10.9. The van der Waals surface area contributed by atoms with Gasteiger partial charge in [0.05, 0.1) is 12.4 Å². The summed E-state index contributed by atoms with van der Waals surface area (Å²) in [5, 5.41) is 8.88. The normalized spacial score (nSPS) is 13.9. The van der Waals surface area contributed by atoms with Gasteiger partial charge < -0.3 is 0 Å². The Bertz CT molecular complexity index is 778. The van der Waals surface area contributed by atoms with E-state index in [2.05, 4.69) is 33.4 Å². The molecule has 0 fully saturated rings. The Morgan fingerprint density at radius 3 is 2.89 bits per heavy atom. The van der Waals surface area contributed by atoms with Gasteiger partial charge in [0.15, 0.2) is 11.5 Å². The molecule has 0 spiro atoms. The number of nitrogens with zero attached hydrogens (tertiary/aromatic N) is 4. The molecule has 1 aliphatic carbocycles. The van der Waals surface area contributed by atoms with Crippen molar-refractivity contribution < 1.29 is 0 Å². The Morgan fingerprint density at radius 2 is 1.95 bits per heavy atom. The summed E-state index contributed by atoms with van der Waals surface area (Å²) in [6.07, 6.45) is 6.84. The SMILES string of the molecule is Clc1cncc2nnc(-c3ccc4c(c3)CCC4)n12. The average molecular weight is 271 g/mol. The molecule has 0 unspecified atom stereocenters. The lowest BCUT2D eigenvalue weighted by Crippen LogP contribution is -1.93. The summed E-state index contributed by atoms with van der Waals surface area (Å²) < 4.78 is 1.82. The van der Waals surface area contributed by atoms with Gasteiger partial charge in [-0.2, -0.15) is 0 Å². The van der Waals surface area contributed by atoms with Gasteiger partial charge in [0, 0.05) is 5.56 Å². The van der Waals surface area contributed by atoms with E-state index in [4.69, 9.17) is 11.6 Å². The smallest absolute Gasteiger partial charge is 0.180 e. The summed E-state index contributed by atoms with van der Waals surface area (Å²) in [6, 6.07) is 6.49. The molecule has 5 heteroatoms. The first-order valence-corrected chi connectivity index (χ1v) is 6.67. The summed E-state index contributed by atoms with van der Waals surface area (Å²) in [6.45, 7) is 0. The van der Waals surface area contributed by atoms with Gasteiger partial charge in [-0.05, 0) is 36.5 Å². The topological polar surface area (TPSA) is 43.1 Å². The van der Waals surface area contributed by atoms with E-state index < -0.39 is 0 Å². The molecule has 0 amide bonds. The highest BCUT2D eigenvalue weighted by atomic mass is 35.5. The number of hydrogen-bond donors (Lipinski definition) is 0. The molecule has 3 aromatic rings. The largest absolute Gasteiger partial charge is 0.262 e. The molecule has 2 heterocycles. The Hall–Kier alpha value is -1.94. The second-order valence-electron chi connectivity index (χ2n) is 4.78. The number of aryl methyl sites for hydroxylation is 2. The summed E-state index contributed by atoms with van der Waals surface area (Å²) in [4.78, 5) is 4.02. The van der Waals surface area contributed by atoms with E-state index in [1.807, 2.05) is 4.40 Å². The molecule has 1 aromatic carbocycles. The number of rotatable bonds is 1. The molecular weight excluding hydrogens is 260 g/mol. The summed E-state index contributed by atoms with van der Waals surface area (Å²) in [5.41, 5.74) is 4.59. The predicted molar refractivity (Wildman–Crippen MR) is 73.3 cm³/mol. The highest BCUT2D eigenvalue weighted by Gasteiger charge is 2.15. The first-order valence-electron chi connectivity index (χ1n) is 6.30. The Balaban J connectivity index is 1.95. The van der Waals surface area contributed by atoms with Gasteiger partial charge in [-0.3, -0.25) is 9.38 Å². The lowest BCUT2D eigenvalue weighted by molar-refractivity contribution is 0.912. The van der Waals surface area contributed by atoms with Crippen LogP contribution in [0.25, 0.3) is 17.0 Å². The zero-order valence-electron chi connectivity index (χ0n) is 10.2. The molecule has 94 valence electrons. The first-order chi connectivity index (χ1) is 9.33. The zero-order chi connectivity index (χ0) is 12.8. The van der Waals surface area contributed by atoms with Crippen molar-refractivity contribution in [3.8, 4) is 11.4 Å². The quantitative estimate of drug-likeness (QED) is 0.683. The van der Waals surface area contributed by atoms with Crippen molar-refractivity contribution in [3.63, 3.8) is 0 Å². The molecule has 0 saturated carbocycles. The van der Waals surface area contributed by atoms with Crippen LogP contribution in [0.2, 0.25) is 5.15 Å². The van der Waals surface area contributed by atoms with Crippen molar-refractivity contribution >= 4 is 17.2 Å². The minimum Gasteiger partial charge on any atom is -0.262 e. The van der Waals surface area contributed by atoms with Gasteiger partial charge in [-0.15, -0.1) is 10.2 Å². The van der Waals surface area contributed by atoms with Crippen LogP contribution >= 0.6 is 11.6 Å². The van der Waals surface area contributed by atoms with Crippen molar-refractivity contribution in [1.82, 2.24) is 19.6 Å². The number of fused-ring (bicyclic) bond motifs is 2. The molecule has 0 radical (unpaired) electrons. The minimum atomic E-state index is 0.526. The Labute approximate surface area is 115 Å². The fraction of sp³-hybridized carbons (Fsp3) is 0.214. The fourth-order valence-electron chi connectivity index (χ4n) is 2.71. The molecule has 0 atom stereocenters. The van der Waals surface area contributed by atoms with Crippen molar-refractivity contribution in [2.24, 2.45) is 0 Å². The lowest BCUT2D eigenvalue weighted by atomic mass is 10.1. The highest BCUT2D eigenvalue weighted by molar-refractivity contribution is 6.29. The van der Waals surface area contributed by atoms with E-state index in [9.17, 15) is 0 Å². The van der Waals surface area contributed by atoms with Gasteiger partial charge in [-0.25, -0.2) is 0 Å². The van der Waals surface area contributed by atoms with Crippen LogP contribution in [-0.2, 0) is 12.8 Å². The predicted octanol–water partition coefficient (Wildman–Crippen LogP) is 2.93. The molecule has 4 nitrogen and oxygen atoms in total. The van der Waals surface area contributed by atoms with Crippen molar-refractivity contribution in [3.05, 3.63) is 46.9 Å².